The molecule has 1 aromatic heterocycles. The zero-order chi connectivity index (χ0) is 17.6. The van der Waals surface area contributed by atoms with Crippen molar-refractivity contribution < 1.29 is 4.79 Å². The molecule has 126 valence electrons. The Hall–Kier alpha value is -2.85. The van der Waals surface area contributed by atoms with Crippen molar-refractivity contribution in [2.45, 2.75) is 6.92 Å². The quantitative estimate of drug-likeness (QED) is 0.691. The molecule has 5 heteroatoms. The second-order valence-electron chi connectivity index (χ2n) is 5.45. The summed E-state index contributed by atoms with van der Waals surface area (Å²) < 4.78 is 0. The van der Waals surface area contributed by atoms with Crippen LogP contribution in [-0.2, 0) is 0 Å². The van der Waals surface area contributed by atoms with E-state index < -0.39 is 0 Å². The fourth-order valence-corrected chi connectivity index (χ4v) is 2.74. The third-order valence-corrected chi connectivity index (χ3v) is 3.97. The summed E-state index contributed by atoms with van der Waals surface area (Å²) in [6.45, 7) is 2.54. The number of anilines is 3. The zero-order valence-corrected chi connectivity index (χ0v) is 14.6. The Morgan fingerprint density at radius 2 is 1.88 bits per heavy atom. The summed E-state index contributed by atoms with van der Waals surface area (Å²) in [5.41, 5.74) is 2.27. The standard InChI is InChI=1S/C20H18ClN3O/c1-2-24(18-9-4-3-5-10-18)20(25)15-11-12-22-19(13-15)23-17-8-6-7-16(21)14-17/h3-14H,2H2,1H3,(H,22,23). The number of rotatable bonds is 5. The number of nitrogens with zero attached hydrogens (tertiary/aromatic N) is 2. The van der Waals surface area contributed by atoms with Gasteiger partial charge in [-0.05, 0) is 49.4 Å². The van der Waals surface area contributed by atoms with Crippen LogP contribution in [-0.4, -0.2) is 17.4 Å². The Kier molecular flexibility index (Phi) is 5.31. The van der Waals surface area contributed by atoms with Gasteiger partial charge in [-0.3, -0.25) is 4.79 Å². The van der Waals surface area contributed by atoms with Gasteiger partial charge in [0.2, 0.25) is 0 Å². The van der Waals surface area contributed by atoms with Crippen LogP contribution < -0.4 is 10.2 Å². The van der Waals surface area contributed by atoms with Crippen LogP contribution in [0, 0.1) is 0 Å². The molecule has 0 aliphatic heterocycles. The van der Waals surface area contributed by atoms with E-state index in [4.69, 9.17) is 11.6 Å². The lowest BCUT2D eigenvalue weighted by atomic mass is 10.2. The van der Waals surface area contributed by atoms with Crippen molar-refractivity contribution in [2.24, 2.45) is 0 Å². The Morgan fingerprint density at radius 3 is 2.60 bits per heavy atom. The maximum atomic E-state index is 12.9. The molecule has 3 aromatic rings. The van der Waals surface area contributed by atoms with E-state index in [1.807, 2.05) is 49.4 Å². The van der Waals surface area contributed by atoms with Crippen molar-refractivity contribution in [3.63, 3.8) is 0 Å². The highest BCUT2D eigenvalue weighted by molar-refractivity contribution is 6.30. The maximum absolute atomic E-state index is 12.9. The van der Waals surface area contributed by atoms with Crippen LogP contribution in [0.25, 0.3) is 0 Å². The van der Waals surface area contributed by atoms with Crippen molar-refractivity contribution in [2.75, 3.05) is 16.8 Å². The normalized spacial score (nSPS) is 10.3. The molecule has 0 saturated carbocycles. The van der Waals surface area contributed by atoms with Crippen molar-refractivity contribution in [1.29, 1.82) is 0 Å². The number of carbonyl (C=O) groups is 1. The highest BCUT2D eigenvalue weighted by Gasteiger charge is 2.16. The van der Waals surface area contributed by atoms with E-state index in [2.05, 4.69) is 10.3 Å². The summed E-state index contributed by atoms with van der Waals surface area (Å²) in [5, 5.41) is 3.81. The highest BCUT2D eigenvalue weighted by Crippen LogP contribution is 2.21. The summed E-state index contributed by atoms with van der Waals surface area (Å²) in [4.78, 5) is 18.9. The summed E-state index contributed by atoms with van der Waals surface area (Å²) in [6, 6.07) is 20.4. The van der Waals surface area contributed by atoms with Crippen LogP contribution in [0.1, 0.15) is 17.3 Å². The number of benzene rings is 2. The number of nitrogens with one attached hydrogen (secondary N) is 1. The number of halogens is 1. The van der Waals surface area contributed by atoms with Gasteiger partial charge in [-0.1, -0.05) is 35.9 Å². The second-order valence-corrected chi connectivity index (χ2v) is 5.89. The Bertz CT molecular complexity index is 868. The van der Waals surface area contributed by atoms with Gasteiger partial charge in [-0.25, -0.2) is 4.98 Å². The molecular weight excluding hydrogens is 334 g/mol. The minimum Gasteiger partial charge on any atom is -0.340 e. The van der Waals surface area contributed by atoms with E-state index in [9.17, 15) is 4.79 Å². The molecule has 25 heavy (non-hydrogen) atoms. The van der Waals surface area contributed by atoms with Gasteiger partial charge in [0.15, 0.2) is 0 Å². The highest BCUT2D eigenvalue weighted by atomic mass is 35.5. The summed E-state index contributed by atoms with van der Waals surface area (Å²) in [6.07, 6.45) is 1.62. The number of carbonyl (C=O) groups excluding carboxylic acids is 1. The van der Waals surface area contributed by atoms with Gasteiger partial charge in [-0.15, -0.1) is 0 Å². The fourth-order valence-electron chi connectivity index (χ4n) is 2.55. The first-order valence-electron chi connectivity index (χ1n) is 8.03. The van der Waals surface area contributed by atoms with Gasteiger partial charge in [0, 0.05) is 34.7 Å². The average molecular weight is 352 g/mol. The lowest BCUT2D eigenvalue weighted by molar-refractivity contribution is 0.0988. The van der Waals surface area contributed by atoms with Crippen LogP contribution in [0.15, 0.2) is 72.9 Å². The van der Waals surface area contributed by atoms with Gasteiger partial charge >= 0.3 is 0 Å². The number of hydrogen-bond acceptors (Lipinski definition) is 3. The molecule has 0 radical (unpaired) electrons. The first-order chi connectivity index (χ1) is 12.2. The number of para-hydroxylation sites is 1. The molecule has 0 bridgehead atoms. The van der Waals surface area contributed by atoms with Crippen molar-refractivity contribution in [1.82, 2.24) is 4.98 Å². The van der Waals surface area contributed by atoms with Gasteiger partial charge < -0.3 is 10.2 Å². The molecule has 0 fully saturated rings. The van der Waals surface area contributed by atoms with Crippen LogP contribution in [0.4, 0.5) is 17.2 Å². The summed E-state index contributed by atoms with van der Waals surface area (Å²) in [7, 11) is 0. The summed E-state index contributed by atoms with van der Waals surface area (Å²) in [5.74, 6) is 0.530. The zero-order valence-electron chi connectivity index (χ0n) is 13.8. The maximum Gasteiger partial charge on any atom is 0.258 e. The monoisotopic (exact) mass is 351 g/mol. The Balaban J connectivity index is 1.84. The molecule has 1 amide bonds. The first kappa shape index (κ1) is 17.0. The predicted octanol–water partition coefficient (Wildman–Crippen LogP) is 5.15. The molecule has 0 aliphatic rings. The third-order valence-electron chi connectivity index (χ3n) is 3.73. The topological polar surface area (TPSA) is 45.2 Å². The molecule has 4 nitrogen and oxygen atoms in total. The molecule has 0 unspecified atom stereocenters. The van der Waals surface area contributed by atoms with Crippen LogP contribution in [0.2, 0.25) is 5.02 Å². The van der Waals surface area contributed by atoms with E-state index in [1.165, 1.54) is 0 Å². The predicted molar refractivity (Wildman–Crippen MR) is 103 cm³/mol. The van der Waals surface area contributed by atoms with Crippen LogP contribution >= 0.6 is 11.6 Å². The lowest BCUT2D eigenvalue weighted by Gasteiger charge is -2.21. The van der Waals surface area contributed by atoms with Crippen molar-refractivity contribution in [3.8, 4) is 0 Å². The minimum absolute atomic E-state index is 0.0646. The van der Waals surface area contributed by atoms with Crippen molar-refractivity contribution in [3.05, 3.63) is 83.5 Å². The Labute approximate surface area is 152 Å². The van der Waals surface area contributed by atoms with Crippen molar-refractivity contribution >= 4 is 34.7 Å². The van der Waals surface area contributed by atoms with Crippen LogP contribution in [0.5, 0.6) is 0 Å². The Morgan fingerprint density at radius 1 is 1.08 bits per heavy atom. The third kappa shape index (κ3) is 4.17. The molecular formula is C20H18ClN3O. The van der Waals surface area contributed by atoms with Crippen LogP contribution in [0.3, 0.4) is 0 Å². The number of aromatic nitrogens is 1. The molecule has 0 saturated heterocycles. The summed E-state index contributed by atoms with van der Waals surface area (Å²) >= 11 is 6.00. The lowest BCUT2D eigenvalue weighted by Crippen LogP contribution is -2.30. The van der Waals surface area contributed by atoms with E-state index in [0.717, 1.165) is 11.4 Å². The van der Waals surface area contributed by atoms with Gasteiger partial charge in [0.25, 0.3) is 5.91 Å². The minimum atomic E-state index is -0.0646. The SMILES string of the molecule is CCN(C(=O)c1ccnc(Nc2cccc(Cl)c2)c1)c1ccccc1. The van der Waals surface area contributed by atoms with E-state index in [-0.39, 0.29) is 5.91 Å². The number of pyridine rings is 1. The molecule has 1 N–H and O–H groups in total. The number of hydrogen-bond donors (Lipinski definition) is 1. The molecule has 0 spiro atoms. The molecule has 1 heterocycles. The van der Waals surface area contributed by atoms with E-state index in [0.29, 0.717) is 22.9 Å². The first-order valence-corrected chi connectivity index (χ1v) is 8.40. The second kappa shape index (κ2) is 7.81. The van der Waals surface area contributed by atoms with Gasteiger partial charge in [0.05, 0.1) is 0 Å². The van der Waals surface area contributed by atoms with E-state index in [1.54, 1.807) is 35.4 Å². The molecule has 0 atom stereocenters. The van der Waals surface area contributed by atoms with Gasteiger partial charge in [0.1, 0.15) is 5.82 Å². The average Bonchev–Trinajstić information content (AvgIpc) is 2.63. The largest absolute Gasteiger partial charge is 0.340 e. The fraction of sp³-hybridized carbons (Fsp3) is 0.100. The molecule has 2 aromatic carbocycles. The molecule has 3 rings (SSSR count). The smallest absolute Gasteiger partial charge is 0.258 e. The number of amides is 1. The molecule has 0 aliphatic carbocycles. The van der Waals surface area contributed by atoms with E-state index >= 15 is 0 Å². The van der Waals surface area contributed by atoms with Gasteiger partial charge in [-0.2, -0.15) is 0 Å².